The van der Waals surface area contributed by atoms with Gasteiger partial charge in [-0.05, 0) is 6.07 Å². The molecular weight excluding hydrogens is 206 g/mol. The smallest absolute Gasteiger partial charge is 0.280 e. The molecule has 80 valence electrons. The van der Waals surface area contributed by atoms with E-state index in [1.54, 1.807) is 5.48 Å². The van der Waals surface area contributed by atoms with Crippen molar-refractivity contribution in [3.63, 3.8) is 0 Å². The second-order valence-corrected chi connectivity index (χ2v) is 2.62. The van der Waals surface area contributed by atoms with Gasteiger partial charge in [-0.25, -0.2) is 5.48 Å². The molecule has 0 radical (unpaired) electrons. The summed E-state index contributed by atoms with van der Waals surface area (Å²) in [6.45, 7) is -0.354. The molecule has 0 aliphatic carbocycles. The number of hydroxylamine groups is 1. The van der Waals surface area contributed by atoms with Crippen LogP contribution in [-0.2, 0) is 6.54 Å². The number of nitrogens with one attached hydrogen (secondary N) is 1. The van der Waals surface area contributed by atoms with Gasteiger partial charge in [0, 0.05) is 12.1 Å². The first-order valence-corrected chi connectivity index (χ1v) is 3.85. The monoisotopic (exact) mass is 213 g/mol. The van der Waals surface area contributed by atoms with Crippen LogP contribution in [0.3, 0.4) is 0 Å². The highest BCUT2D eigenvalue weighted by Gasteiger charge is 2.23. The normalized spacial score (nSPS) is 9.93. The Morgan fingerprint density at radius 3 is 2.00 bits per heavy atom. The Hall–Kier alpha value is -2.06. The molecule has 0 aromatic heterocycles. The van der Waals surface area contributed by atoms with E-state index in [2.05, 4.69) is 0 Å². The van der Waals surface area contributed by atoms with Gasteiger partial charge in [0.15, 0.2) is 0 Å². The summed E-state index contributed by atoms with van der Waals surface area (Å²) < 4.78 is 0. The van der Waals surface area contributed by atoms with Gasteiger partial charge in [-0.15, -0.1) is 0 Å². The summed E-state index contributed by atoms with van der Waals surface area (Å²) >= 11 is 0. The molecule has 15 heavy (non-hydrogen) atoms. The second kappa shape index (κ2) is 4.44. The number of rotatable bonds is 4. The fourth-order valence-corrected chi connectivity index (χ4v) is 1.17. The molecule has 0 unspecified atom stereocenters. The highest BCUT2D eigenvalue weighted by molar-refractivity contribution is 5.53. The van der Waals surface area contributed by atoms with Crippen LogP contribution in [-0.4, -0.2) is 15.1 Å². The number of nitro groups is 2. The average molecular weight is 213 g/mol. The van der Waals surface area contributed by atoms with Crippen LogP contribution in [0.4, 0.5) is 11.4 Å². The number of benzene rings is 1. The first-order valence-electron chi connectivity index (χ1n) is 3.85. The molecule has 0 amide bonds. The zero-order valence-corrected chi connectivity index (χ0v) is 7.41. The quantitative estimate of drug-likeness (QED) is 0.568. The van der Waals surface area contributed by atoms with Crippen LogP contribution in [0.1, 0.15) is 5.56 Å². The molecule has 2 N–H and O–H groups in total. The molecule has 0 saturated carbocycles. The Morgan fingerprint density at radius 1 is 1.20 bits per heavy atom. The molecule has 8 nitrogen and oxygen atoms in total. The van der Waals surface area contributed by atoms with Crippen molar-refractivity contribution >= 4 is 11.4 Å². The maximum atomic E-state index is 10.5. The van der Waals surface area contributed by atoms with Crippen LogP contribution in [0.15, 0.2) is 18.2 Å². The lowest BCUT2D eigenvalue weighted by atomic mass is 10.1. The van der Waals surface area contributed by atoms with E-state index >= 15 is 0 Å². The van der Waals surface area contributed by atoms with Gasteiger partial charge in [-0.1, -0.05) is 0 Å². The van der Waals surface area contributed by atoms with Gasteiger partial charge >= 0.3 is 0 Å². The third-order valence-electron chi connectivity index (χ3n) is 1.78. The van der Waals surface area contributed by atoms with E-state index in [4.69, 9.17) is 5.21 Å². The van der Waals surface area contributed by atoms with Crippen LogP contribution >= 0.6 is 0 Å². The number of hydrogen-bond donors (Lipinski definition) is 2. The highest BCUT2D eigenvalue weighted by atomic mass is 16.6. The number of nitro benzene ring substituents is 2. The molecule has 1 rings (SSSR count). The van der Waals surface area contributed by atoms with E-state index in [1.165, 1.54) is 6.07 Å². The van der Waals surface area contributed by atoms with Crippen molar-refractivity contribution in [2.24, 2.45) is 0 Å². The van der Waals surface area contributed by atoms with Gasteiger partial charge in [0.05, 0.1) is 16.4 Å². The lowest BCUT2D eigenvalue weighted by molar-refractivity contribution is -0.395. The second-order valence-electron chi connectivity index (χ2n) is 2.62. The first kappa shape index (κ1) is 11.0. The van der Waals surface area contributed by atoms with Crippen molar-refractivity contribution in [2.45, 2.75) is 6.54 Å². The van der Waals surface area contributed by atoms with Gasteiger partial charge in [0.25, 0.3) is 11.4 Å². The van der Waals surface area contributed by atoms with Gasteiger partial charge < -0.3 is 5.21 Å². The van der Waals surface area contributed by atoms with Gasteiger partial charge in [-0.3, -0.25) is 20.2 Å². The van der Waals surface area contributed by atoms with Crippen LogP contribution < -0.4 is 5.48 Å². The fourth-order valence-electron chi connectivity index (χ4n) is 1.17. The van der Waals surface area contributed by atoms with Crippen molar-refractivity contribution in [1.29, 1.82) is 0 Å². The molecule has 0 aliphatic heterocycles. The van der Waals surface area contributed by atoms with E-state index in [-0.39, 0.29) is 12.1 Å². The molecule has 0 aliphatic rings. The van der Waals surface area contributed by atoms with E-state index in [0.29, 0.717) is 0 Å². The fraction of sp³-hybridized carbons (Fsp3) is 0.143. The minimum atomic E-state index is -0.736. The Labute approximate surface area is 83.4 Å². The van der Waals surface area contributed by atoms with Gasteiger partial charge in [0.1, 0.15) is 5.56 Å². The lowest BCUT2D eigenvalue weighted by Crippen LogP contribution is -2.10. The zero-order chi connectivity index (χ0) is 11.4. The summed E-state index contributed by atoms with van der Waals surface area (Å²) in [5.74, 6) is 0. The maximum Gasteiger partial charge on any atom is 0.280 e. The van der Waals surface area contributed by atoms with Crippen molar-refractivity contribution in [1.82, 2.24) is 5.48 Å². The Morgan fingerprint density at radius 2 is 1.67 bits per heavy atom. The SMILES string of the molecule is O=[N+]([O-])c1cccc([N+](=O)[O-])c1CNO. The van der Waals surface area contributed by atoms with E-state index in [0.717, 1.165) is 12.1 Å². The van der Waals surface area contributed by atoms with Crippen LogP contribution in [0.5, 0.6) is 0 Å². The predicted molar refractivity (Wildman–Crippen MR) is 48.4 cm³/mol. The minimum absolute atomic E-state index is 0.157. The molecule has 0 saturated heterocycles. The largest absolute Gasteiger partial charge is 0.316 e. The van der Waals surface area contributed by atoms with Gasteiger partial charge in [0.2, 0.25) is 0 Å². The first-order chi connectivity index (χ1) is 7.07. The van der Waals surface area contributed by atoms with Crippen molar-refractivity contribution in [3.8, 4) is 0 Å². The van der Waals surface area contributed by atoms with Crippen LogP contribution in [0, 0.1) is 20.2 Å². The average Bonchev–Trinajstić information content (AvgIpc) is 2.17. The molecule has 0 bridgehead atoms. The van der Waals surface area contributed by atoms with Crippen LogP contribution in [0.25, 0.3) is 0 Å². The zero-order valence-electron chi connectivity index (χ0n) is 7.41. The third-order valence-corrected chi connectivity index (χ3v) is 1.78. The lowest BCUT2D eigenvalue weighted by Gasteiger charge is -2.02. The van der Waals surface area contributed by atoms with Crippen molar-refractivity contribution < 1.29 is 15.1 Å². The minimum Gasteiger partial charge on any atom is -0.316 e. The molecule has 8 heteroatoms. The van der Waals surface area contributed by atoms with E-state index in [1.807, 2.05) is 0 Å². The summed E-state index contributed by atoms with van der Waals surface area (Å²) in [5.41, 5.74) is 0.713. The van der Waals surface area contributed by atoms with Crippen molar-refractivity contribution in [3.05, 3.63) is 44.0 Å². The number of hydrogen-bond acceptors (Lipinski definition) is 6. The molecular formula is C7H7N3O5. The maximum absolute atomic E-state index is 10.5. The summed E-state index contributed by atoms with van der Waals surface area (Å²) in [6.07, 6.45) is 0. The van der Waals surface area contributed by atoms with Crippen LogP contribution in [0.2, 0.25) is 0 Å². The molecule has 1 aromatic carbocycles. The number of nitrogens with zero attached hydrogens (tertiary/aromatic N) is 2. The topological polar surface area (TPSA) is 119 Å². The standard InChI is InChI=1S/C7H7N3O5/c11-8-4-5-6(9(12)13)2-1-3-7(5)10(14)15/h1-3,8,11H,4H2. The molecule has 0 heterocycles. The molecule has 0 fully saturated rings. The van der Waals surface area contributed by atoms with E-state index in [9.17, 15) is 20.2 Å². The summed E-state index contributed by atoms with van der Waals surface area (Å²) in [7, 11) is 0. The third kappa shape index (κ3) is 2.24. The predicted octanol–water partition coefficient (Wildman–Crippen LogP) is 0.982. The summed E-state index contributed by atoms with van der Waals surface area (Å²) in [4.78, 5) is 19.6. The highest BCUT2D eigenvalue weighted by Crippen LogP contribution is 2.27. The molecule has 0 atom stereocenters. The Balaban J connectivity index is 3.34. The molecule has 0 spiro atoms. The van der Waals surface area contributed by atoms with E-state index < -0.39 is 21.2 Å². The summed E-state index contributed by atoms with van der Waals surface area (Å²) in [5, 5.41) is 29.5. The Bertz CT molecular complexity index is 373. The van der Waals surface area contributed by atoms with Gasteiger partial charge in [-0.2, -0.15) is 0 Å². The summed E-state index contributed by atoms with van der Waals surface area (Å²) in [6, 6.07) is 3.50. The Kier molecular flexibility index (Phi) is 3.26. The molecule has 1 aromatic rings. The van der Waals surface area contributed by atoms with Crippen molar-refractivity contribution in [2.75, 3.05) is 0 Å².